The third kappa shape index (κ3) is 4.76. The molecule has 8 nitrogen and oxygen atoms in total. The van der Waals surface area contributed by atoms with Gasteiger partial charge in [0.15, 0.2) is 0 Å². The number of ether oxygens (including phenoxy) is 1. The van der Waals surface area contributed by atoms with E-state index in [0.29, 0.717) is 23.9 Å². The summed E-state index contributed by atoms with van der Waals surface area (Å²) >= 11 is 0. The maximum Gasteiger partial charge on any atom is 0.290 e. The van der Waals surface area contributed by atoms with E-state index in [1.165, 1.54) is 31.2 Å². The van der Waals surface area contributed by atoms with Crippen molar-refractivity contribution in [2.45, 2.75) is 44.7 Å². The van der Waals surface area contributed by atoms with Crippen molar-refractivity contribution in [3.63, 3.8) is 0 Å². The zero-order valence-corrected chi connectivity index (χ0v) is 19.7. The topological polar surface area (TPSA) is 87.9 Å². The Kier molecular flexibility index (Phi) is 7.02. The summed E-state index contributed by atoms with van der Waals surface area (Å²) < 4.78 is 7.09. The number of hydrogen-bond donors (Lipinski definition) is 1. The van der Waals surface area contributed by atoms with Gasteiger partial charge < -0.3 is 14.7 Å². The van der Waals surface area contributed by atoms with Gasteiger partial charge in [-0.2, -0.15) is 5.10 Å². The number of carboxylic acid groups (broad SMARTS) is 1. The first-order valence-electron chi connectivity index (χ1n) is 11.7. The van der Waals surface area contributed by atoms with Gasteiger partial charge in [-0.25, -0.2) is 0 Å². The summed E-state index contributed by atoms with van der Waals surface area (Å²) in [6.45, 7) is 4.51. The van der Waals surface area contributed by atoms with E-state index in [-0.39, 0.29) is 12.4 Å². The third-order valence-electron chi connectivity index (χ3n) is 7.42. The highest BCUT2D eigenvalue weighted by Gasteiger charge is 2.46. The Morgan fingerprint density at radius 3 is 2.55 bits per heavy atom. The van der Waals surface area contributed by atoms with E-state index in [4.69, 9.17) is 14.6 Å². The van der Waals surface area contributed by atoms with E-state index in [0.717, 1.165) is 36.6 Å². The molecular weight excluding hydrogens is 420 g/mol. The van der Waals surface area contributed by atoms with E-state index in [9.17, 15) is 4.79 Å². The number of benzene rings is 1. The van der Waals surface area contributed by atoms with Crippen molar-refractivity contribution in [3.05, 3.63) is 47.3 Å². The normalized spacial score (nSPS) is 26.6. The molecule has 0 saturated carbocycles. The molecule has 8 heteroatoms. The molecule has 4 atom stereocenters. The predicted octanol–water partition coefficient (Wildman–Crippen LogP) is 3.13. The third-order valence-corrected chi connectivity index (χ3v) is 7.42. The Hall–Kier alpha value is -2.87. The number of aryl methyl sites for hydroxylation is 2. The molecule has 5 rings (SSSR count). The van der Waals surface area contributed by atoms with Crippen molar-refractivity contribution in [3.8, 4) is 5.75 Å². The number of carbonyl (C=O) groups is 2. The highest BCUT2D eigenvalue weighted by molar-refractivity contribution is 5.95. The molecule has 1 aromatic heterocycles. The lowest BCUT2D eigenvalue weighted by Crippen LogP contribution is -2.60. The molecule has 0 aliphatic carbocycles. The number of amides is 1. The Bertz CT molecular complexity index is 973. The number of hydrogen-bond acceptors (Lipinski definition) is 5. The molecule has 33 heavy (non-hydrogen) atoms. The summed E-state index contributed by atoms with van der Waals surface area (Å²) in [5.41, 5.74) is 2.99. The van der Waals surface area contributed by atoms with Gasteiger partial charge in [0.05, 0.1) is 18.4 Å². The molecule has 0 unspecified atom stereocenters. The molecule has 0 spiro atoms. The van der Waals surface area contributed by atoms with E-state index in [1.54, 1.807) is 11.8 Å². The summed E-state index contributed by atoms with van der Waals surface area (Å²) in [5.74, 6) is 2.20. The molecule has 178 valence electrons. The Morgan fingerprint density at radius 2 is 1.91 bits per heavy atom. The SMILES string of the molecule is COc1ccc([C@H]2CCC[C@H]3[C@@H]4C[C@@H](CN(C(=O)c5cn(C)nc5C)C4)CN23)cc1.O=CO. The average molecular weight is 455 g/mol. The van der Waals surface area contributed by atoms with Gasteiger partial charge in [0, 0.05) is 45.0 Å². The molecule has 3 fully saturated rings. The van der Waals surface area contributed by atoms with Gasteiger partial charge in [0.2, 0.25) is 0 Å². The van der Waals surface area contributed by atoms with Crippen LogP contribution in [0, 0.1) is 18.8 Å². The molecule has 1 aromatic carbocycles. The van der Waals surface area contributed by atoms with Crippen LogP contribution in [0.25, 0.3) is 0 Å². The number of rotatable bonds is 3. The zero-order valence-electron chi connectivity index (χ0n) is 19.7. The van der Waals surface area contributed by atoms with Crippen LogP contribution in [0.3, 0.4) is 0 Å². The van der Waals surface area contributed by atoms with Crippen LogP contribution in [0.15, 0.2) is 30.5 Å². The lowest BCUT2D eigenvalue weighted by atomic mass is 9.74. The lowest BCUT2D eigenvalue weighted by Gasteiger charge is -2.55. The minimum atomic E-state index is -0.250. The minimum Gasteiger partial charge on any atom is -0.497 e. The molecule has 2 bridgehead atoms. The summed E-state index contributed by atoms with van der Waals surface area (Å²) in [4.78, 5) is 26.5. The van der Waals surface area contributed by atoms with Gasteiger partial charge >= 0.3 is 0 Å². The first kappa shape index (κ1) is 23.3. The fraction of sp³-hybridized carbons (Fsp3) is 0.560. The van der Waals surface area contributed by atoms with Crippen LogP contribution in [-0.2, 0) is 11.8 Å². The molecule has 3 aliphatic rings. The van der Waals surface area contributed by atoms with Crippen LogP contribution in [-0.4, -0.2) is 69.9 Å². The smallest absolute Gasteiger partial charge is 0.290 e. The summed E-state index contributed by atoms with van der Waals surface area (Å²) in [6, 6.07) is 9.70. The van der Waals surface area contributed by atoms with E-state index in [2.05, 4.69) is 39.2 Å². The predicted molar refractivity (Wildman–Crippen MR) is 124 cm³/mol. The van der Waals surface area contributed by atoms with Crippen LogP contribution in [0.5, 0.6) is 5.75 Å². The van der Waals surface area contributed by atoms with Crippen LogP contribution < -0.4 is 4.74 Å². The van der Waals surface area contributed by atoms with Crippen molar-refractivity contribution in [2.75, 3.05) is 26.7 Å². The van der Waals surface area contributed by atoms with E-state index in [1.807, 2.05) is 20.2 Å². The number of nitrogens with zero attached hydrogens (tertiary/aromatic N) is 4. The molecule has 3 saturated heterocycles. The van der Waals surface area contributed by atoms with Gasteiger partial charge in [-0.1, -0.05) is 12.1 Å². The first-order chi connectivity index (χ1) is 15.9. The number of methoxy groups -OCH3 is 1. The van der Waals surface area contributed by atoms with Crippen molar-refractivity contribution in [1.29, 1.82) is 0 Å². The Morgan fingerprint density at radius 1 is 1.18 bits per heavy atom. The first-order valence-corrected chi connectivity index (χ1v) is 11.7. The van der Waals surface area contributed by atoms with E-state index < -0.39 is 0 Å². The number of fused-ring (bicyclic) bond motifs is 4. The number of piperidine rings is 3. The monoisotopic (exact) mass is 454 g/mol. The molecule has 1 N–H and O–H groups in total. The van der Waals surface area contributed by atoms with Crippen LogP contribution in [0.1, 0.15) is 53.3 Å². The quantitative estimate of drug-likeness (QED) is 0.717. The van der Waals surface area contributed by atoms with Gasteiger partial charge in [-0.15, -0.1) is 0 Å². The minimum absolute atomic E-state index is 0.159. The van der Waals surface area contributed by atoms with Gasteiger partial charge in [-0.05, 0) is 62.1 Å². The summed E-state index contributed by atoms with van der Waals surface area (Å²) in [5, 5.41) is 11.3. The molecular formula is C25H34N4O4. The summed E-state index contributed by atoms with van der Waals surface area (Å²) in [6.07, 6.45) is 6.85. The Balaban J connectivity index is 0.000000821. The second-order valence-electron chi connectivity index (χ2n) is 9.46. The van der Waals surface area contributed by atoms with Crippen LogP contribution >= 0.6 is 0 Å². The second-order valence-corrected chi connectivity index (χ2v) is 9.46. The van der Waals surface area contributed by atoms with Crippen molar-refractivity contribution >= 4 is 12.4 Å². The van der Waals surface area contributed by atoms with Crippen LogP contribution in [0.4, 0.5) is 0 Å². The maximum atomic E-state index is 13.2. The number of aromatic nitrogens is 2. The standard InChI is InChI=1S/C24H32N4O2.CH2O2/c1-16-21(15-26(2)25-16)24(29)27-12-17-11-19(14-27)23-6-4-5-22(28(23)13-17)18-7-9-20(30-3)10-8-18;2-1-3/h7-10,15,17,19,22-23H,4-6,11-14H2,1-3H3;1H,(H,2,3)/t17-,19+,22+,23-;/m0./s1. The molecule has 1 amide bonds. The Labute approximate surface area is 195 Å². The highest BCUT2D eigenvalue weighted by atomic mass is 16.5. The van der Waals surface area contributed by atoms with Crippen molar-refractivity contribution in [2.24, 2.45) is 18.9 Å². The molecule has 0 radical (unpaired) electrons. The number of carbonyl (C=O) groups excluding carboxylic acids is 1. The molecule has 3 aliphatic heterocycles. The highest BCUT2D eigenvalue weighted by Crippen LogP contribution is 2.44. The van der Waals surface area contributed by atoms with Crippen molar-refractivity contribution < 1.29 is 19.4 Å². The number of likely N-dealkylation sites (tertiary alicyclic amines) is 1. The van der Waals surface area contributed by atoms with Gasteiger partial charge in [0.1, 0.15) is 5.75 Å². The largest absolute Gasteiger partial charge is 0.497 e. The maximum absolute atomic E-state index is 13.2. The zero-order chi connectivity index (χ0) is 23.5. The fourth-order valence-electron chi connectivity index (χ4n) is 6.14. The van der Waals surface area contributed by atoms with Gasteiger partial charge in [0.25, 0.3) is 12.4 Å². The van der Waals surface area contributed by atoms with Crippen molar-refractivity contribution in [1.82, 2.24) is 19.6 Å². The summed E-state index contributed by atoms with van der Waals surface area (Å²) in [7, 11) is 3.60. The molecule has 4 heterocycles. The lowest BCUT2D eigenvalue weighted by molar-refractivity contribution is -0.122. The fourth-order valence-corrected chi connectivity index (χ4v) is 6.14. The average Bonchev–Trinajstić information content (AvgIpc) is 3.16. The van der Waals surface area contributed by atoms with Crippen LogP contribution in [0.2, 0.25) is 0 Å². The second kappa shape index (κ2) is 9.95. The van der Waals surface area contributed by atoms with E-state index >= 15 is 0 Å². The molecule has 2 aromatic rings. The van der Waals surface area contributed by atoms with Gasteiger partial charge in [-0.3, -0.25) is 19.2 Å².